The Bertz CT molecular complexity index is 550. The van der Waals surface area contributed by atoms with E-state index in [1.807, 2.05) is 6.07 Å². The molecule has 3 rings (SSSR count). The number of fused-ring (bicyclic) bond motifs is 1. The number of aryl methyl sites for hydroxylation is 1. The molecule has 3 nitrogen and oxygen atoms in total. The Balaban J connectivity index is 1.67. The SMILES string of the molecule is Cc1ccc2c(c1F)C(=O)N(CC1CCC(CO)CC1)C2. The molecule has 0 unspecified atom stereocenters. The standard InChI is InChI=1S/C17H22FNO2/c1-11-2-7-14-9-19(17(21)15(14)16(11)18)8-12-3-5-13(10-20)6-4-12/h2,7,12-13,20H,3-6,8-10H2,1H3. The van der Waals surface area contributed by atoms with Crippen molar-refractivity contribution in [3.63, 3.8) is 0 Å². The molecule has 0 saturated heterocycles. The fourth-order valence-corrected chi connectivity index (χ4v) is 3.57. The number of carbonyl (C=O) groups is 1. The molecule has 1 N–H and O–H groups in total. The van der Waals surface area contributed by atoms with Crippen molar-refractivity contribution in [3.8, 4) is 0 Å². The number of hydrogen-bond acceptors (Lipinski definition) is 2. The molecule has 1 amide bonds. The van der Waals surface area contributed by atoms with Crippen LogP contribution < -0.4 is 0 Å². The minimum Gasteiger partial charge on any atom is -0.396 e. The van der Waals surface area contributed by atoms with Gasteiger partial charge in [-0.25, -0.2) is 4.39 Å². The van der Waals surface area contributed by atoms with Crippen molar-refractivity contribution in [1.29, 1.82) is 0 Å². The van der Waals surface area contributed by atoms with E-state index in [0.29, 0.717) is 30.5 Å². The van der Waals surface area contributed by atoms with Gasteiger partial charge in [-0.15, -0.1) is 0 Å². The Morgan fingerprint density at radius 3 is 2.57 bits per heavy atom. The molecular weight excluding hydrogens is 269 g/mol. The summed E-state index contributed by atoms with van der Waals surface area (Å²) in [5.41, 5.74) is 1.62. The Morgan fingerprint density at radius 2 is 1.90 bits per heavy atom. The molecule has 1 aromatic rings. The lowest BCUT2D eigenvalue weighted by Gasteiger charge is -2.30. The van der Waals surface area contributed by atoms with Gasteiger partial charge in [-0.05, 0) is 55.6 Å². The van der Waals surface area contributed by atoms with Gasteiger partial charge in [-0.2, -0.15) is 0 Å². The quantitative estimate of drug-likeness (QED) is 0.930. The fourth-order valence-electron chi connectivity index (χ4n) is 3.57. The van der Waals surface area contributed by atoms with E-state index in [2.05, 4.69) is 0 Å². The molecule has 0 radical (unpaired) electrons. The van der Waals surface area contributed by atoms with Gasteiger partial charge in [0.05, 0.1) is 5.56 Å². The Morgan fingerprint density at radius 1 is 1.24 bits per heavy atom. The predicted octanol–water partition coefficient (Wildman–Crippen LogP) is 2.89. The summed E-state index contributed by atoms with van der Waals surface area (Å²) < 4.78 is 14.1. The maximum Gasteiger partial charge on any atom is 0.257 e. The molecule has 1 aliphatic heterocycles. The molecule has 2 aliphatic rings. The molecule has 1 heterocycles. The average Bonchev–Trinajstić information content (AvgIpc) is 2.81. The average molecular weight is 291 g/mol. The number of rotatable bonds is 3. The van der Waals surface area contributed by atoms with E-state index in [1.165, 1.54) is 0 Å². The lowest BCUT2D eigenvalue weighted by atomic mass is 9.82. The van der Waals surface area contributed by atoms with Crippen LogP contribution in [0, 0.1) is 24.6 Å². The van der Waals surface area contributed by atoms with Gasteiger partial charge in [0.1, 0.15) is 5.82 Å². The van der Waals surface area contributed by atoms with Gasteiger partial charge in [-0.1, -0.05) is 12.1 Å². The molecule has 114 valence electrons. The smallest absolute Gasteiger partial charge is 0.257 e. The van der Waals surface area contributed by atoms with Crippen LogP contribution in [0.5, 0.6) is 0 Å². The van der Waals surface area contributed by atoms with Crippen LogP contribution in [0.15, 0.2) is 12.1 Å². The first-order valence-electron chi connectivity index (χ1n) is 7.78. The van der Waals surface area contributed by atoms with Crippen molar-refractivity contribution in [2.45, 2.75) is 39.2 Å². The molecule has 0 atom stereocenters. The third kappa shape index (κ3) is 2.69. The summed E-state index contributed by atoms with van der Waals surface area (Å²) in [6.45, 7) is 3.21. The summed E-state index contributed by atoms with van der Waals surface area (Å²) in [5, 5.41) is 9.17. The topological polar surface area (TPSA) is 40.5 Å². The number of amides is 1. The molecule has 1 aliphatic carbocycles. The highest BCUT2D eigenvalue weighted by molar-refractivity contribution is 5.98. The molecule has 0 aromatic heterocycles. The predicted molar refractivity (Wildman–Crippen MR) is 78.4 cm³/mol. The van der Waals surface area contributed by atoms with Crippen LogP contribution in [0.2, 0.25) is 0 Å². The maximum atomic E-state index is 14.1. The number of nitrogens with zero attached hydrogens (tertiary/aromatic N) is 1. The lowest BCUT2D eigenvalue weighted by Crippen LogP contribution is -2.32. The van der Waals surface area contributed by atoms with E-state index >= 15 is 0 Å². The summed E-state index contributed by atoms with van der Waals surface area (Å²) in [6.07, 6.45) is 4.16. The van der Waals surface area contributed by atoms with Gasteiger partial charge in [-0.3, -0.25) is 4.79 Å². The van der Waals surface area contributed by atoms with E-state index in [1.54, 1.807) is 17.9 Å². The third-order valence-corrected chi connectivity index (χ3v) is 4.99. The highest BCUT2D eigenvalue weighted by Gasteiger charge is 2.33. The Kier molecular flexibility index (Phi) is 3.98. The first-order chi connectivity index (χ1) is 10.1. The summed E-state index contributed by atoms with van der Waals surface area (Å²) >= 11 is 0. The van der Waals surface area contributed by atoms with E-state index in [4.69, 9.17) is 0 Å². The zero-order chi connectivity index (χ0) is 15.0. The van der Waals surface area contributed by atoms with Crippen molar-refractivity contribution in [2.24, 2.45) is 11.8 Å². The first-order valence-corrected chi connectivity index (χ1v) is 7.78. The minimum absolute atomic E-state index is 0.157. The Hall–Kier alpha value is -1.42. The van der Waals surface area contributed by atoms with E-state index in [9.17, 15) is 14.3 Å². The molecule has 1 saturated carbocycles. The van der Waals surface area contributed by atoms with Crippen LogP contribution in [0.25, 0.3) is 0 Å². The van der Waals surface area contributed by atoms with Crippen molar-refractivity contribution in [3.05, 3.63) is 34.6 Å². The molecule has 1 fully saturated rings. The van der Waals surface area contributed by atoms with Crippen LogP contribution >= 0.6 is 0 Å². The first kappa shape index (κ1) is 14.5. The summed E-state index contributed by atoms with van der Waals surface area (Å²) in [5.74, 6) is 0.391. The van der Waals surface area contributed by atoms with Crippen LogP contribution in [0.1, 0.15) is 47.2 Å². The molecule has 21 heavy (non-hydrogen) atoms. The second-order valence-electron chi connectivity index (χ2n) is 6.49. The number of aliphatic hydroxyl groups excluding tert-OH is 1. The summed E-state index contributed by atoms with van der Waals surface area (Å²) in [6, 6.07) is 3.62. The second-order valence-corrected chi connectivity index (χ2v) is 6.49. The Labute approximate surface area is 124 Å². The number of carbonyl (C=O) groups excluding carboxylic acids is 1. The van der Waals surface area contributed by atoms with Crippen LogP contribution in [-0.2, 0) is 6.54 Å². The molecule has 0 spiro atoms. The van der Waals surface area contributed by atoms with E-state index in [0.717, 1.165) is 31.2 Å². The third-order valence-electron chi connectivity index (χ3n) is 4.99. The largest absolute Gasteiger partial charge is 0.396 e. The zero-order valence-electron chi connectivity index (χ0n) is 12.4. The van der Waals surface area contributed by atoms with Gasteiger partial charge >= 0.3 is 0 Å². The van der Waals surface area contributed by atoms with E-state index in [-0.39, 0.29) is 23.9 Å². The number of benzene rings is 1. The second kappa shape index (κ2) is 5.76. The van der Waals surface area contributed by atoms with Gasteiger partial charge in [0.15, 0.2) is 0 Å². The van der Waals surface area contributed by atoms with Crippen LogP contribution in [-0.4, -0.2) is 29.1 Å². The van der Waals surface area contributed by atoms with Crippen molar-refractivity contribution < 1.29 is 14.3 Å². The maximum absolute atomic E-state index is 14.1. The summed E-state index contributed by atoms with van der Waals surface area (Å²) in [7, 11) is 0. The van der Waals surface area contributed by atoms with Gasteiger partial charge < -0.3 is 10.0 Å². The minimum atomic E-state index is -0.357. The van der Waals surface area contributed by atoms with Gasteiger partial charge in [0, 0.05) is 19.7 Å². The molecular formula is C17H22FNO2. The zero-order valence-corrected chi connectivity index (χ0v) is 12.4. The highest BCUT2D eigenvalue weighted by atomic mass is 19.1. The van der Waals surface area contributed by atoms with Gasteiger partial charge in [0.25, 0.3) is 5.91 Å². The number of halogens is 1. The normalized spacial score (nSPS) is 25.3. The van der Waals surface area contributed by atoms with E-state index < -0.39 is 0 Å². The molecule has 1 aromatic carbocycles. The number of hydrogen-bond donors (Lipinski definition) is 1. The van der Waals surface area contributed by atoms with Crippen LogP contribution in [0.3, 0.4) is 0 Å². The van der Waals surface area contributed by atoms with Crippen LogP contribution in [0.4, 0.5) is 4.39 Å². The van der Waals surface area contributed by atoms with Crippen molar-refractivity contribution in [2.75, 3.05) is 13.2 Å². The lowest BCUT2D eigenvalue weighted by molar-refractivity contribution is 0.0714. The molecule has 4 heteroatoms. The van der Waals surface area contributed by atoms with Crippen molar-refractivity contribution >= 4 is 5.91 Å². The van der Waals surface area contributed by atoms with Gasteiger partial charge in [0.2, 0.25) is 0 Å². The highest BCUT2D eigenvalue weighted by Crippen LogP contribution is 2.32. The van der Waals surface area contributed by atoms with Crippen molar-refractivity contribution in [1.82, 2.24) is 4.90 Å². The number of aliphatic hydroxyl groups is 1. The molecule has 0 bridgehead atoms. The fraction of sp³-hybridized carbons (Fsp3) is 0.588. The summed E-state index contributed by atoms with van der Waals surface area (Å²) in [4.78, 5) is 14.2. The monoisotopic (exact) mass is 291 g/mol.